The average molecular weight is 585 g/mol. The number of hydrogen-bond donors (Lipinski definition) is 5. The second-order valence-corrected chi connectivity index (χ2v) is 10.8. The van der Waals surface area contributed by atoms with Gasteiger partial charge >= 0.3 is 6.03 Å². The zero-order valence-corrected chi connectivity index (χ0v) is 25.6. The van der Waals surface area contributed by atoms with Crippen molar-refractivity contribution in [3.05, 3.63) is 78.1 Å². The van der Waals surface area contributed by atoms with Crippen LogP contribution in [0.1, 0.15) is 64.9 Å². The van der Waals surface area contributed by atoms with E-state index in [4.69, 9.17) is 4.74 Å². The Balaban J connectivity index is 0.00000287. The number of ether oxygens (including phenoxy) is 1. The molecule has 1 aliphatic rings. The van der Waals surface area contributed by atoms with Crippen molar-refractivity contribution in [2.24, 2.45) is 0 Å². The molecule has 41 heavy (non-hydrogen) atoms. The highest BCUT2D eigenvalue weighted by molar-refractivity contribution is 7.86. The van der Waals surface area contributed by atoms with Crippen molar-refractivity contribution >= 4 is 28.4 Å². The maximum atomic E-state index is 12.7. The summed E-state index contributed by atoms with van der Waals surface area (Å²) in [5.74, 6) is 0.830. The Bertz CT molecular complexity index is 1090. The quantitative estimate of drug-likeness (QED) is 0.140. The second kappa shape index (κ2) is 20.7. The van der Waals surface area contributed by atoms with Gasteiger partial charge in [-0.15, -0.1) is 0 Å². The van der Waals surface area contributed by atoms with Crippen LogP contribution < -0.4 is 20.7 Å². The van der Waals surface area contributed by atoms with Crippen molar-refractivity contribution in [2.45, 2.75) is 76.7 Å². The van der Waals surface area contributed by atoms with Crippen LogP contribution in [-0.4, -0.2) is 47.7 Å². The van der Waals surface area contributed by atoms with Crippen LogP contribution in [0.2, 0.25) is 0 Å². The summed E-state index contributed by atoms with van der Waals surface area (Å²) >= 11 is 0. The maximum absolute atomic E-state index is 12.7. The zero-order valence-electron chi connectivity index (χ0n) is 24.8. The van der Waals surface area contributed by atoms with Crippen LogP contribution in [0.25, 0.3) is 0 Å². The lowest BCUT2D eigenvalue weighted by Gasteiger charge is -2.15. The van der Waals surface area contributed by atoms with E-state index in [1.54, 1.807) is 24.3 Å². The van der Waals surface area contributed by atoms with Gasteiger partial charge in [0.25, 0.3) is 0 Å². The van der Waals surface area contributed by atoms with Gasteiger partial charge in [-0.05, 0) is 86.3 Å². The molecule has 5 N–H and O–H groups in total. The molecule has 2 aromatic rings. The standard InChI is InChI=1S/C30H42N4O4S.C2H6/c1-2-3-4-8-20-32-30(36)33-25-15-17-29(18-16-25)39(37)34-26-13-11-24(12-14-26)19-21-31-22-27(35)23-38-28-9-6-5-7-10-28;1-2/h6,9-18,27,31,34-35H,2-5,7-8,19-23H2,1H3,(H2,32,33,36);1-2H3. The molecule has 0 saturated heterocycles. The number of carbonyl (C=O) groups excluding carboxylic acids is 1. The first kappa shape index (κ1) is 34.1. The Morgan fingerprint density at radius 3 is 2.39 bits per heavy atom. The number of anilines is 2. The van der Waals surface area contributed by atoms with E-state index >= 15 is 0 Å². The lowest BCUT2D eigenvalue weighted by Crippen LogP contribution is -2.31. The number of hydrogen-bond acceptors (Lipinski definition) is 5. The molecule has 0 aromatic heterocycles. The molecule has 8 nitrogen and oxygen atoms in total. The minimum atomic E-state index is -1.42. The van der Waals surface area contributed by atoms with E-state index in [0.29, 0.717) is 23.7 Å². The van der Waals surface area contributed by atoms with Crippen molar-refractivity contribution in [3.8, 4) is 0 Å². The lowest BCUT2D eigenvalue weighted by atomic mass is 10.1. The minimum Gasteiger partial charge on any atom is -0.491 e. The van der Waals surface area contributed by atoms with Gasteiger partial charge in [0, 0.05) is 24.5 Å². The molecule has 0 saturated carbocycles. The minimum absolute atomic E-state index is 0.232. The molecule has 3 rings (SSSR count). The third-order valence-corrected chi connectivity index (χ3v) is 7.30. The van der Waals surface area contributed by atoms with Crippen LogP contribution in [0.15, 0.2) is 77.4 Å². The van der Waals surface area contributed by atoms with Crippen molar-refractivity contribution in [3.63, 3.8) is 0 Å². The number of unbranched alkanes of at least 4 members (excludes halogenated alkanes) is 3. The molecule has 0 spiro atoms. The van der Waals surface area contributed by atoms with Crippen LogP contribution in [0.5, 0.6) is 0 Å². The van der Waals surface area contributed by atoms with Gasteiger partial charge in [0.05, 0.1) is 4.90 Å². The third kappa shape index (κ3) is 14.4. The molecular weight excluding hydrogens is 536 g/mol. The highest BCUT2D eigenvalue weighted by atomic mass is 32.2. The molecule has 2 amide bonds. The predicted molar refractivity (Wildman–Crippen MR) is 170 cm³/mol. The Labute approximate surface area is 248 Å². The molecule has 2 atom stereocenters. The normalized spacial score (nSPS) is 13.7. The molecule has 0 heterocycles. The molecule has 0 aliphatic heterocycles. The summed E-state index contributed by atoms with van der Waals surface area (Å²) in [5.41, 5.74) is 2.55. The van der Waals surface area contributed by atoms with E-state index in [0.717, 1.165) is 55.7 Å². The second-order valence-electron chi connectivity index (χ2n) is 9.54. The highest BCUT2D eigenvalue weighted by Gasteiger charge is 2.08. The fourth-order valence-electron chi connectivity index (χ4n) is 3.95. The number of aliphatic hydroxyl groups is 1. The SMILES string of the molecule is CC.CCCCCCNC(=O)Nc1ccc(S(=O)Nc2ccc(CCNCC(O)COC3=CCCC=C3)cc2)cc1. The monoisotopic (exact) mass is 584 g/mol. The molecule has 1 aliphatic carbocycles. The van der Waals surface area contributed by atoms with E-state index in [1.165, 1.54) is 12.8 Å². The van der Waals surface area contributed by atoms with Crippen LogP contribution in [-0.2, 0) is 22.1 Å². The summed E-state index contributed by atoms with van der Waals surface area (Å²) in [6, 6.07) is 14.5. The topological polar surface area (TPSA) is 112 Å². The van der Waals surface area contributed by atoms with Crippen molar-refractivity contribution in [1.82, 2.24) is 10.6 Å². The number of urea groups is 1. The Morgan fingerprint density at radius 2 is 1.71 bits per heavy atom. The van der Waals surface area contributed by atoms with E-state index in [1.807, 2.05) is 50.3 Å². The molecule has 2 aromatic carbocycles. The molecule has 0 fully saturated rings. The van der Waals surface area contributed by atoms with Crippen molar-refractivity contribution in [1.29, 1.82) is 0 Å². The van der Waals surface area contributed by atoms with Crippen molar-refractivity contribution in [2.75, 3.05) is 36.3 Å². The van der Waals surface area contributed by atoms with Gasteiger partial charge in [-0.1, -0.05) is 58.2 Å². The van der Waals surface area contributed by atoms with Gasteiger partial charge in [-0.2, -0.15) is 0 Å². The number of aliphatic hydroxyl groups excluding tert-OH is 1. The smallest absolute Gasteiger partial charge is 0.319 e. The van der Waals surface area contributed by atoms with E-state index < -0.39 is 17.1 Å². The number of benzene rings is 2. The number of nitrogens with one attached hydrogen (secondary N) is 4. The fraction of sp³-hybridized carbons (Fsp3) is 0.469. The Morgan fingerprint density at radius 1 is 0.976 bits per heavy atom. The number of rotatable bonds is 17. The molecule has 9 heteroatoms. The summed E-state index contributed by atoms with van der Waals surface area (Å²) in [6.45, 7) is 8.28. The van der Waals surface area contributed by atoms with Gasteiger partial charge in [0.15, 0.2) is 0 Å². The van der Waals surface area contributed by atoms with Gasteiger partial charge in [0.1, 0.15) is 29.5 Å². The van der Waals surface area contributed by atoms with Crippen LogP contribution >= 0.6 is 0 Å². The first-order chi connectivity index (χ1) is 20.0. The van der Waals surface area contributed by atoms with Gasteiger partial charge in [-0.25, -0.2) is 9.00 Å². The van der Waals surface area contributed by atoms with E-state index in [9.17, 15) is 14.1 Å². The molecule has 0 bridgehead atoms. The van der Waals surface area contributed by atoms with E-state index in [-0.39, 0.29) is 12.6 Å². The molecular formula is C32H48N4O4S. The number of carbonyl (C=O) groups is 1. The molecule has 226 valence electrons. The summed E-state index contributed by atoms with van der Waals surface area (Å²) < 4.78 is 21.4. The lowest BCUT2D eigenvalue weighted by molar-refractivity contribution is 0.0749. The first-order valence-electron chi connectivity index (χ1n) is 14.8. The van der Waals surface area contributed by atoms with Gasteiger partial charge in [0.2, 0.25) is 0 Å². The summed E-state index contributed by atoms with van der Waals surface area (Å²) in [7, 11) is -1.42. The molecule has 0 radical (unpaired) electrons. The fourth-order valence-corrected chi connectivity index (χ4v) is 4.80. The average Bonchev–Trinajstić information content (AvgIpc) is 3.01. The Hall–Kier alpha value is -3.14. The Kier molecular flexibility index (Phi) is 17.2. The van der Waals surface area contributed by atoms with Crippen LogP contribution in [0, 0.1) is 0 Å². The summed E-state index contributed by atoms with van der Waals surface area (Å²) in [5, 5.41) is 19.0. The third-order valence-electron chi connectivity index (χ3n) is 6.18. The van der Waals surface area contributed by atoms with E-state index in [2.05, 4.69) is 33.7 Å². The predicted octanol–water partition coefficient (Wildman–Crippen LogP) is 6.29. The molecule has 2 unspecified atom stereocenters. The van der Waals surface area contributed by atoms with Gasteiger partial charge < -0.3 is 30.5 Å². The zero-order chi connectivity index (χ0) is 29.7. The van der Waals surface area contributed by atoms with Crippen LogP contribution in [0.4, 0.5) is 16.2 Å². The highest BCUT2D eigenvalue weighted by Crippen LogP contribution is 2.17. The van der Waals surface area contributed by atoms with Gasteiger partial charge in [-0.3, -0.25) is 0 Å². The summed E-state index contributed by atoms with van der Waals surface area (Å²) in [4.78, 5) is 12.6. The number of allylic oxidation sites excluding steroid dienone is 3. The van der Waals surface area contributed by atoms with Crippen LogP contribution in [0.3, 0.4) is 0 Å². The largest absolute Gasteiger partial charge is 0.491 e. The first-order valence-corrected chi connectivity index (χ1v) is 16.0. The summed E-state index contributed by atoms with van der Waals surface area (Å²) in [6.07, 6.45) is 12.8. The number of amides is 2. The maximum Gasteiger partial charge on any atom is 0.319 e. The van der Waals surface area contributed by atoms with Crippen molar-refractivity contribution < 1.29 is 18.8 Å².